The minimum Gasteiger partial charge on any atom is -0.465 e. The molecule has 0 bridgehead atoms. The zero-order valence-corrected chi connectivity index (χ0v) is 9.39. The lowest BCUT2D eigenvalue weighted by atomic mass is 9.99. The van der Waals surface area contributed by atoms with Gasteiger partial charge in [-0.05, 0) is 19.8 Å². The van der Waals surface area contributed by atoms with E-state index in [4.69, 9.17) is 9.84 Å². The lowest BCUT2D eigenvalue weighted by Crippen LogP contribution is -2.42. The number of carboxylic acid groups (broad SMARTS) is 1. The lowest BCUT2D eigenvalue weighted by molar-refractivity contribution is -0.148. The summed E-state index contributed by atoms with van der Waals surface area (Å²) in [5.74, 6) is -0.612. The number of likely N-dealkylation sites (tertiary alicyclic amines) is 1. The first-order valence-corrected chi connectivity index (χ1v) is 5.40. The van der Waals surface area contributed by atoms with Crippen molar-refractivity contribution in [3.63, 3.8) is 0 Å². The standard InChI is InChI=1S/C11H17NO4/c1-2-3-7-16-10(13)9-5-4-6-12(8-9)11(14)15/h2-3,9H,4-8H2,1H3,(H,14,15)/b3-2+. The Bertz CT molecular complexity index is 288. The fraction of sp³-hybridized carbons (Fsp3) is 0.636. The van der Waals surface area contributed by atoms with Crippen LogP contribution >= 0.6 is 0 Å². The maximum atomic E-state index is 11.6. The third-order valence-corrected chi connectivity index (χ3v) is 2.58. The van der Waals surface area contributed by atoms with Crippen LogP contribution in [0.3, 0.4) is 0 Å². The molecule has 1 rings (SSSR count). The molecule has 1 aliphatic heterocycles. The molecule has 5 heteroatoms. The Morgan fingerprint density at radius 3 is 2.94 bits per heavy atom. The zero-order valence-electron chi connectivity index (χ0n) is 9.39. The maximum absolute atomic E-state index is 11.6. The normalized spacial score (nSPS) is 21.1. The van der Waals surface area contributed by atoms with E-state index >= 15 is 0 Å². The van der Waals surface area contributed by atoms with Gasteiger partial charge in [-0.25, -0.2) is 4.79 Å². The van der Waals surface area contributed by atoms with Crippen LogP contribution in [0.15, 0.2) is 12.2 Å². The second-order valence-corrected chi connectivity index (χ2v) is 3.77. The minimum absolute atomic E-state index is 0.254. The first-order chi connectivity index (χ1) is 7.65. The van der Waals surface area contributed by atoms with Crippen molar-refractivity contribution in [1.29, 1.82) is 0 Å². The number of carbonyl (C=O) groups excluding carboxylic acids is 1. The third-order valence-electron chi connectivity index (χ3n) is 2.58. The number of ether oxygens (including phenoxy) is 1. The molecule has 1 unspecified atom stereocenters. The predicted octanol–water partition coefficient (Wildman–Crippen LogP) is 1.50. The van der Waals surface area contributed by atoms with E-state index in [1.807, 2.05) is 6.92 Å². The van der Waals surface area contributed by atoms with Gasteiger partial charge in [0.15, 0.2) is 0 Å². The van der Waals surface area contributed by atoms with Crippen LogP contribution in [0.1, 0.15) is 19.8 Å². The van der Waals surface area contributed by atoms with Gasteiger partial charge in [-0.15, -0.1) is 0 Å². The summed E-state index contributed by atoms with van der Waals surface area (Å²) in [6.45, 7) is 2.87. The van der Waals surface area contributed by atoms with Crippen molar-refractivity contribution >= 4 is 12.1 Å². The van der Waals surface area contributed by atoms with Crippen molar-refractivity contribution in [1.82, 2.24) is 4.90 Å². The number of hydrogen-bond donors (Lipinski definition) is 1. The minimum atomic E-state index is -0.967. The highest BCUT2D eigenvalue weighted by atomic mass is 16.5. The van der Waals surface area contributed by atoms with Gasteiger partial charge in [0.1, 0.15) is 6.61 Å². The summed E-state index contributed by atoms with van der Waals surface area (Å²) in [6.07, 6.45) is 4.01. The molecule has 90 valence electrons. The summed E-state index contributed by atoms with van der Waals surface area (Å²) in [4.78, 5) is 23.6. The molecule has 1 heterocycles. The number of carbonyl (C=O) groups is 2. The summed E-state index contributed by atoms with van der Waals surface area (Å²) < 4.78 is 5.00. The van der Waals surface area contributed by atoms with Gasteiger partial charge in [0.25, 0.3) is 0 Å². The average molecular weight is 227 g/mol. The lowest BCUT2D eigenvalue weighted by Gasteiger charge is -2.29. The molecule has 0 aliphatic carbocycles. The van der Waals surface area contributed by atoms with E-state index in [2.05, 4.69) is 0 Å². The van der Waals surface area contributed by atoms with E-state index in [0.717, 1.165) is 6.42 Å². The SMILES string of the molecule is C/C=C/COC(=O)C1CCCN(C(=O)O)C1. The molecule has 0 aromatic carbocycles. The number of nitrogens with zero attached hydrogens (tertiary/aromatic N) is 1. The largest absolute Gasteiger partial charge is 0.465 e. The van der Waals surface area contributed by atoms with Gasteiger partial charge in [0.05, 0.1) is 5.92 Å². The molecular weight excluding hydrogens is 210 g/mol. The van der Waals surface area contributed by atoms with Crippen LogP contribution in [0.2, 0.25) is 0 Å². The molecule has 0 aromatic rings. The van der Waals surface area contributed by atoms with Crippen LogP contribution < -0.4 is 0 Å². The number of allylic oxidation sites excluding steroid dienone is 1. The molecule has 0 aromatic heterocycles. The van der Waals surface area contributed by atoms with Crippen LogP contribution in [0, 0.1) is 5.92 Å². The van der Waals surface area contributed by atoms with Gasteiger partial charge < -0.3 is 14.7 Å². The van der Waals surface area contributed by atoms with Crippen LogP contribution in [-0.4, -0.2) is 41.8 Å². The van der Waals surface area contributed by atoms with Crippen molar-refractivity contribution < 1.29 is 19.4 Å². The number of rotatable bonds is 3. The number of esters is 1. The quantitative estimate of drug-likeness (QED) is 0.586. The molecule has 0 radical (unpaired) electrons. The Morgan fingerprint density at radius 1 is 1.56 bits per heavy atom. The van der Waals surface area contributed by atoms with Crippen LogP contribution in [-0.2, 0) is 9.53 Å². The molecule has 1 amide bonds. The fourth-order valence-corrected chi connectivity index (χ4v) is 1.69. The van der Waals surface area contributed by atoms with Crippen molar-refractivity contribution in [2.75, 3.05) is 19.7 Å². The fourth-order valence-electron chi connectivity index (χ4n) is 1.69. The summed E-state index contributed by atoms with van der Waals surface area (Å²) in [7, 11) is 0. The van der Waals surface area contributed by atoms with Crippen molar-refractivity contribution in [3.8, 4) is 0 Å². The number of piperidine rings is 1. The predicted molar refractivity (Wildman–Crippen MR) is 58.1 cm³/mol. The molecule has 0 saturated carbocycles. The highest BCUT2D eigenvalue weighted by molar-refractivity contribution is 5.74. The van der Waals surface area contributed by atoms with Gasteiger partial charge >= 0.3 is 12.1 Å². The van der Waals surface area contributed by atoms with E-state index in [1.165, 1.54) is 4.90 Å². The smallest absolute Gasteiger partial charge is 0.407 e. The molecule has 1 saturated heterocycles. The summed E-state index contributed by atoms with van der Waals surface area (Å²) in [6, 6.07) is 0. The number of amides is 1. The number of hydrogen-bond acceptors (Lipinski definition) is 3. The molecule has 1 atom stereocenters. The van der Waals surface area contributed by atoms with Gasteiger partial charge in [-0.2, -0.15) is 0 Å². The second kappa shape index (κ2) is 6.15. The van der Waals surface area contributed by atoms with Crippen molar-refractivity contribution in [3.05, 3.63) is 12.2 Å². The average Bonchev–Trinajstić information content (AvgIpc) is 2.29. The van der Waals surface area contributed by atoms with Gasteiger partial charge in [-0.1, -0.05) is 12.2 Å². The van der Waals surface area contributed by atoms with E-state index < -0.39 is 6.09 Å². The van der Waals surface area contributed by atoms with Crippen LogP contribution in [0.4, 0.5) is 4.79 Å². The van der Waals surface area contributed by atoms with Crippen LogP contribution in [0.5, 0.6) is 0 Å². The Labute approximate surface area is 94.7 Å². The summed E-state index contributed by atoms with van der Waals surface area (Å²) in [5.41, 5.74) is 0. The Balaban J connectivity index is 2.40. The topological polar surface area (TPSA) is 66.8 Å². The van der Waals surface area contributed by atoms with E-state index in [-0.39, 0.29) is 25.0 Å². The highest BCUT2D eigenvalue weighted by Gasteiger charge is 2.28. The van der Waals surface area contributed by atoms with E-state index in [9.17, 15) is 9.59 Å². The van der Waals surface area contributed by atoms with Crippen LogP contribution in [0.25, 0.3) is 0 Å². The maximum Gasteiger partial charge on any atom is 0.407 e. The first-order valence-electron chi connectivity index (χ1n) is 5.40. The Kier molecular flexibility index (Phi) is 4.82. The van der Waals surface area contributed by atoms with Crippen molar-refractivity contribution in [2.24, 2.45) is 5.92 Å². The highest BCUT2D eigenvalue weighted by Crippen LogP contribution is 2.17. The van der Waals surface area contributed by atoms with Gasteiger partial charge in [0, 0.05) is 13.1 Å². The molecule has 16 heavy (non-hydrogen) atoms. The second-order valence-electron chi connectivity index (χ2n) is 3.77. The van der Waals surface area contributed by atoms with E-state index in [0.29, 0.717) is 13.0 Å². The van der Waals surface area contributed by atoms with Gasteiger partial charge in [-0.3, -0.25) is 4.79 Å². The molecule has 1 fully saturated rings. The molecular formula is C11H17NO4. The van der Waals surface area contributed by atoms with Gasteiger partial charge in [0.2, 0.25) is 0 Å². The zero-order chi connectivity index (χ0) is 12.0. The molecule has 1 N–H and O–H groups in total. The summed E-state index contributed by atoms with van der Waals surface area (Å²) >= 11 is 0. The third kappa shape index (κ3) is 3.56. The Hall–Kier alpha value is -1.52. The van der Waals surface area contributed by atoms with Crippen molar-refractivity contribution in [2.45, 2.75) is 19.8 Å². The molecule has 5 nitrogen and oxygen atoms in total. The first kappa shape index (κ1) is 12.5. The summed E-state index contributed by atoms with van der Waals surface area (Å²) in [5, 5.41) is 8.81. The molecule has 0 spiro atoms. The monoisotopic (exact) mass is 227 g/mol. The molecule has 1 aliphatic rings. The Morgan fingerprint density at radius 2 is 2.31 bits per heavy atom. The van der Waals surface area contributed by atoms with E-state index in [1.54, 1.807) is 12.2 Å².